The van der Waals surface area contributed by atoms with Crippen molar-refractivity contribution in [3.8, 4) is 0 Å². The van der Waals surface area contributed by atoms with Gasteiger partial charge in [-0.05, 0) is 0 Å². The lowest BCUT2D eigenvalue weighted by Gasteiger charge is -2.33. The van der Waals surface area contributed by atoms with Gasteiger partial charge < -0.3 is 0 Å². The van der Waals surface area contributed by atoms with Crippen LogP contribution in [0.4, 0.5) is 0 Å². The summed E-state index contributed by atoms with van der Waals surface area (Å²) in [5, 5.41) is 0. The SMILES string of the molecule is C=C([N+](C)(C)C)[N+](C)(C)C. The molecule has 2 nitrogen and oxygen atoms in total. The number of nitrogens with zero attached hydrogens (tertiary/aromatic N) is 2. The number of quaternary nitrogens is 2. The first-order valence-electron chi connectivity index (χ1n) is 3.48. The van der Waals surface area contributed by atoms with E-state index in [1.54, 1.807) is 0 Å². The summed E-state index contributed by atoms with van der Waals surface area (Å²) in [5.74, 6) is 1.19. The van der Waals surface area contributed by atoms with Crippen molar-refractivity contribution in [1.29, 1.82) is 0 Å². The predicted octanol–water partition coefficient (Wildman–Crippen LogP) is 0.870. The quantitative estimate of drug-likeness (QED) is 0.504. The molecule has 0 aromatic heterocycles. The molecule has 0 aromatic rings. The van der Waals surface area contributed by atoms with Crippen LogP contribution in [0.3, 0.4) is 0 Å². The van der Waals surface area contributed by atoms with E-state index in [1.807, 2.05) is 0 Å². The summed E-state index contributed by atoms with van der Waals surface area (Å²) in [5.41, 5.74) is 0. The van der Waals surface area contributed by atoms with Crippen molar-refractivity contribution in [2.45, 2.75) is 0 Å². The molecule has 2 heteroatoms. The van der Waals surface area contributed by atoms with Gasteiger partial charge in [-0.2, -0.15) is 0 Å². The Kier molecular flexibility index (Phi) is 2.28. The normalized spacial score (nSPS) is 13.4. The van der Waals surface area contributed by atoms with Gasteiger partial charge in [-0.15, -0.1) is 0 Å². The maximum atomic E-state index is 4.04. The summed E-state index contributed by atoms with van der Waals surface area (Å²) >= 11 is 0. The van der Waals surface area contributed by atoms with Gasteiger partial charge >= 0.3 is 0 Å². The molecule has 0 rings (SSSR count). The summed E-state index contributed by atoms with van der Waals surface area (Å²) in [4.78, 5) is 0. The smallest absolute Gasteiger partial charge is 0.253 e. The zero-order chi connectivity index (χ0) is 8.58. The third-order valence-corrected chi connectivity index (χ3v) is 1.55. The number of hydrogen-bond donors (Lipinski definition) is 0. The van der Waals surface area contributed by atoms with Crippen LogP contribution in [0.25, 0.3) is 0 Å². The molecule has 0 aromatic carbocycles. The van der Waals surface area contributed by atoms with E-state index < -0.39 is 0 Å². The van der Waals surface area contributed by atoms with Crippen LogP contribution in [-0.4, -0.2) is 51.3 Å². The molecule has 0 aliphatic carbocycles. The molecule has 60 valence electrons. The van der Waals surface area contributed by atoms with Crippen LogP contribution in [0.2, 0.25) is 0 Å². The average Bonchev–Trinajstić information content (AvgIpc) is 1.59. The number of hydrogen-bond acceptors (Lipinski definition) is 0. The Morgan fingerprint density at radius 2 is 1.00 bits per heavy atom. The molecule has 0 aliphatic heterocycles. The molecule has 0 saturated carbocycles. The van der Waals surface area contributed by atoms with E-state index in [-0.39, 0.29) is 0 Å². The monoisotopic (exact) mass is 144 g/mol. The highest BCUT2D eigenvalue weighted by atomic mass is 15.5. The fraction of sp³-hybridized carbons (Fsp3) is 0.750. The Morgan fingerprint density at radius 3 is 1.00 bits per heavy atom. The van der Waals surface area contributed by atoms with Gasteiger partial charge in [0.2, 0.25) is 0 Å². The largest absolute Gasteiger partial charge is 0.285 e. The molecular formula is C8H20N2+2. The summed E-state index contributed by atoms with van der Waals surface area (Å²) in [6, 6.07) is 0. The Bertz CT molecular complexity index is 118. The van der Waals surface area contributed by atoms with Crippen molar-refractivity contribution in [3.05, 3.63) is 12.4 Å². The minimum Gasteiger partial charge on any atom is -0.253 e. The first-order chi connectivity index (χ1) is 4.15. The highest BCUT2D eigenvalue weighted by Gasteiger charge is 2.27. The van der Waals surface area contributed by atoms with Crippen LogP contribution in [0, 0.1) is 0 Å². The van der Waals surface area contributed by atoms with Gasteiger partial charge in [0.25, 0.3) is 5.82 Å². The maximum Gasteiger partial charge on any atom is 0.285 e. The molecule has 10 heavy (non-hydrogen) atoms. The van der Waals surface area contributed by atoms with Gasteiger partial charge in [0.15, 0.2) is 0 Å². The molecule has 0 N–H and O–H groups in total. The first kappa shape index (κ1) is 9.66. The average molecular weight is 144 g/mol. The second-order valence-electron chi connectivity index (χ2n) is 4.44. The lowest BCUT2D eigenvalue weighted by atomic mass is 10.5. The maximum absolute atomic E-state index is 4.04. The molecular weight excluding hydrogens is 124 g/mol. The molecule has 0 amide bonds. The first-order valence-corrected chi connectivity index (χ1v) is 3.48. The molecule has 0 unspecified atom stereocenters. The van der Waals surface area contributed by atoms with Crippen molar-refractivity contribution in [1.82, 2.24) is 0 Å². The fourth-order valence-corrected chi connectivity index (χ4v) is 0.900. The highest BCUT2D eigenvalue weighted by molar-refractivity contribution is 4.66. The lowest BCUT2D eigenvalue weighted by molar-refractivity contribution is -0.994. The van der Waals surface area contributed by atoms with E-state index in [4.69, 9.17) is 0 Å². The summed E-state index contributed by atoms with van der Waals surface area (Å²) < 4.78 is 1.65. The standard InChI is InChI=1S/C8H20N2/c1-8(9(2,3)4)10(5,6)7/h1H2,2-7H3/q+2. The Labute approximate surface area is 64.5 Å². The van der Waals surface area contributed by atoms with Crippen LogP contribution >= 0.6 is 0 Å². The Balaban J connectivity index is 4.40. The topological polar surface area (TPSA) is 0 Å². The van der Waals surface area contributed by atoms with Gasteiger partial charge in [0.05, 0.1) is 42.3 Å². The third-order valence-electron chi connectivity index (χ3n) is 1.55. The van der Waals surface area contributed by atoms with E-state index in [0.717, 1.165) is 8.97 Å². The van der Waals surface area contributed by atoms with Gasteiger partial charge in [-0.25, -0.2) is 0 Å². The second-order valence-corrected chi connectivity index (χ2v) is 4.44. The van der Waals surface area contributed by atoms with E-state index in [0.29, 0.717) is 0 Å². The Hall–Kier alpha value is -0.340. The zero-order valence-electron chi connectivity index (χ0n) is 8.10. The highest BCUT2D eigenvalue weighted by Crippen LogP contribution is 2.13. The van der Waals surface area contributed by atoms with Crippen molar-refractivity contribution >= 4 is 0 Å². The molecule has 0 fully saturated rings. The van der Waals surface area contributed by atoms with Gasteiger partial charge in [-0.1, -0.05) is 0 Å². The van der Waals surface area contributed by atoms with Gasteiger partial charge in [0, 0.05) is 6.58 Å². The molecule has 0 spiro atoms. The minimum absolute atomic E-state index is 0.823. The molecule has 0 saturated heterocycles. The summed E-state index contributed by atoms with van der Waals surface area (Å²) in [6.45, 7) is 4.04. The van der Waals surface area contributed by atoms with Crippen molar-refractivity contribution in [3.63, 3.8) is 0 Å². The van der Waals surface area contributed by atoms with E-state index >= 15 is 0 Å². The van der Waals surface area contributed by atoms with Crippen LogP contribution in [0.1, 0.15) is 0 Å². The van der Waals surface area contributed by atoms with Crippen LogP contribution < -0.4 is 0 Å². The molecule has 0 heterocycles. The minimum atomic E-state index is 0.823. The van der Waals surface area contributed by atoms with E-state index in [1.165, 1.54) is 5.82 Å². The van der Waals surface area contributed by atoms with Crippen LogP contribution in [0.5, 0.6) is 0 Å². The van der Waals surface area contributed by atoms with Crippen LogP contribution in [-0.2, 0) is 0 Å². The molecule has 0 atom stereocenters. The van der Waals surface area contributed by atoms with Crippen LogP contribution in [0.15, 0.2) is 12.4 Å². The van der Waals surface area contributed by atoms with Gasteiger partial charge in [-0.3, -0.25) is 8.97 Å². The predicted molar refractivity (Wildman–Crippen MR) is 45.2 cm³/mol. The summed E-state index contributed by atoms with van der Waals surface area (Å²) in [6.07, 6.45) is 0. The summed E-state index contributed by atoms with van der Waals surface area (Å²) in [7, 11) is 12.8. The van der Waals surface area contributed by atoms with E-state index in [9.17, 15) is 0 Å². The van der Waals surface area contributed by atoms with Crippen molar-refractivity contribution in [2.75, 3.05) is 42.3 Å². The number of rotatable bonds is 2. The molecule has 0 bridgehead atoms. The third kappa shape index (κ3) is 2.50. The molecule has 0 aliphatic rings. The second kappa shape index (κ2) is 2.36. The fourth-order valence-electron chi connectivity index (χ4n) is 0.900. The van der Waals surface area contributed by atoms with Crippen molar-refractivity contribution in [2.24, 2.45) is 0 Å². The lowest BCUT2D eigenvalue weighted by Crippen LogP contribution is -2.48. The zero-order valence-corrected chi connectivity index (χ0v) is 8.10. The Morgan fingerprint density at radius 1 is 0.800 bits per heavy atom. The van der Waals surface area contributed by atoms with Crippen molar-refractivity contribution < 1.29 is 8.97 Å². The van der Waals surface area contributed by atoms with E-state index in [2.05, 4.69) is 48.9 Å². The van der Waals surface area contributed by atoms with Gasteiger partial charge in [0.1, 0.15) is 0 Å². The molecule has 0 radical (unpaired) electrons.